The van der Waals surface area contributed by atoms with Crippen molar-refractivity contribution in [3.8, 4) is 11.5 Å². The molecule has 12 heteroatoms. The van der Waals surface area contributed by atoms with Crippen molar-refractivity contribution in [1.82, 2.24) is 39.6 Å². The molecule has 0 radical (unpaired) electrons. The number of piperazine rings is 1. The molecule has 2 fully saturated rings. The summed E-state index contributed by atoms with van der Waals surface area (Å²) in [6, 6.07) is 11.9. The monoisotopic (exact) mass is 544 g/mol. The second-order valence-corrected chi connectivity index (χ2v) is 10.4. The van der Waals surface area contributed by atoms with Crippen LogP contribution in [0.15, 0.2) is 71.4 Å². The third-order valence-corrected chi connectivity index (χ3v) is 7.90. The predicted molar refractivity (Wildman–Crippen MR) is 150 cm³/mol. The van der Waals surface area contributed by atoms with Crippen LogP contribution in [0, 0.1) is 0 Å². The highest BCUT2D eigenvalue weighted by Gasteiger charge is 2.21. The molecular formula is C27H32N10OS. The maximum atomic E-state index is 5.49. The first-order valence-corrected chi connectivity index (χ1v) is 14.2. The van der Waals surface area contributed by atoms with E-state index in [9.17, 15) is 0 Å². The van der Waals surface area contributed by atoms with Gasteiger partial charge in [0, 0.05) is 82.8 Å². The Hall–Kier alpha value is -3.61. The van der Waals surface area contributed by atoms with Crippen LogP contribution in [0.4, 0.5) is 11.6 Å². The van der Waals surface area contributed by atoms with Gasteiger partial charge >= 0.3 is 0 Å². The molecule has 0 spiro atoms. The zero-order chi connectivity index (χ0) is 26.3. The largest absolute Gasteiger partial charge is 0.379 e. The Morgan fingerprint density at radius 2 is 1.59 bits per heavy atom. The smallest absolute Gasteiger partial charge is 0.226 e. The maximum absolute atomic E-state index is 5.49. The zero-order valence-electron chi connectivity index (χ0n) is 21.8. The van der Waals surface area contributed by atoms with Crippen LogP contribution in [0.5, 0.6) is 0 Å². The van der Waals surface area contributed by atoms with Crippen LogP contribution >= 0.6 is 11.8 Å². The number of morpholine rings is 1. The summed E-state index contributed by atoms with van der Waals surface area (Å²) in [6.45, 7) is 8.93. The van der Waals surface area contributed by atoms with Crippen LogP contribution in [0.1, 0.15) is 6.42 Å². The van der Waals surface area contributed by atoms with Gasteiger partial charge in [-0.1, -0.05) is 6.07 Å². The standard InChI is InChI=1S/C27H32N10OS/c1-2-8-29-23(4-1)25-32-33-27(37(25)13-3-12-34-18-20-38-21-19-34)39-24-7-11-30-26(31-24)36-16-14-35(15-17-36)22-5-9-28-10-6-22/h1-2,4-11H,3,12-21H2. The predicted octanol–water partition coefficient (Wildman–Crippen LogP) is 2.73. The van der Waals surface area contributed by atoms with Gasteiger partial charge in [-0.2, -0.15) is 0 Å². The van der Waals surface area contributed by atoms with Crippen molar-refractivity contribution in [1.29, 1.82) is 0 Å². The lowest BCUT2D eigenvalue weighted by molar-refractivity contribution is 0.0369. The number of hydrogen-bond donors (Lipinski definition) is 0. The van der Waals surface area contributed by atoms with E-state index < -0.39 is 0 Å². The molecule has 11 nitrogen and oxygen atoms in total. The third-order valence-electron chi connectivity index (χ3n) is 6.97. The molecule has 2 aliphatic rings. The summed E-state index contributed by atoms with van der Waals surface area (Å²) in [5.41, 5.74) is 2.02. The number of pyridine rings is 2. The summed E-state index contributed by atoms with van der Waals surface area (Å²) in [7, 11) is 0. The third kappa shape index (κ3) is 6.35. The number of anilines is 2. The van der Waals surface area contributed by atoms with Gasteiger partial charge in [-0.3, -0.25) is 14.9 Å². The van der Waals surface area contributed by atoms with E-state index in [0.29, 0.717) is 0 Å². The summed E-state index contributed by atoms with van der Waals surface area (Å²) in [4.78, 5) is 25.2. The van der Waals surface area contributed by atoms with E-state index in [1.54, 1.807) is 6.20 Å². The molecule has 0 saturated carbocycles. The lowest BCUT2D eigenvalue weighted by atomic mass is 10.3. The van der Waals surface area contributed by atoms with Gasteiger partial charge in [0.25, 0.3) is 0 Å². The Kier molecular flexibility index (Phi) is 8.22. The van der Waals surface area contributed by atoms with Gasteiger partial charge in [0.15, 0.2) is 11.0 Å². The van der Waals surface area contributed by atoms with Gasteiger partial charge < -0.3 is 19.1 Å². The van der Waals surface area contributed by atoms with Gasteiger partial charge in [0.1, 0.15) is 10.7 Å². The highest BCUT2D eigenvalue weighted by atomic mass is 32.2. The maximum Gasteiger partial charge on any atom is 0.226 e. The molecule has 202 valence electrons. The summed E-state index contributed by atoms with van der Waals surface area (Å²) >= 11 is 1.52. The molecule has 0 aliphatic carbocycles. The number of rotatable bonds is 9. The Labute approximate surface area is 232 Å². The van der Waals surface area contributed by atoms with E-state index in [0.717, 1.165) is 99.6 Å². The summed E-state index contributed by atoms with van der Waals surface area (Å²) in [5.74, 6) is 1.53. The molecular weight excluding hydrogens is 512 g/mol. The minimum Gasteiger partial charge on any atom is -0.379 e. The van der Waals surface area contributed by atoms with E-state index in [4.69, 9.17) is 9.72 Å². The second-order valence-electron chi connectivity index (χ2n) is 9.46. The number of nitrogens with zero attached hydrogens (tertiary/aromatic N) is 10. The Morgan fingerprint density at radius 1 is 0.769 bits per heavy atom. The minimum absolute atomic E-state index is 0.748. The molecule has 0 aromatic carbocycles. The van der Waals surface area contributed by atoms with E-state index in [1.807, 2.05) is 42.9 Å². The molecule has 0 N–H and O–H groups in total. The highest BCUT2D eigenvalue weighted by Crippen LogP contribution is 2.29. The van der Waals surface area contributed by atoms with Gasteiger partial charge in [-0.05, 0) is 48.5 Å². The molecule has 39 heavy (non-hydrogen) atoms. The van der Waals surface area contributed by atoms with Crippen LogP contribution in [0.2, 0.25) is 0 Å². The van der Waals surface area contributed by atoms with Gasteiger partial charge in [0.2, 0.25) is 5.95 Å². The molecule has 4 aromatic heterocycles. The Balaban J connectivity index is 1.15. The molecule has 0 unspecified atom stereocenters. The van der Waals surface area contributed by atoms with Crippen molar-refractivity contribution in [2.24, 2.45) is 0 Å². The quantitative estimate of drug-likeness (QED) is 0.291. The van der Waals surface area contributed by atoms with Crippen molar-refractivity contribution in [2.45, 2.75) is 23.1 Å². The van der Waals surface area contributed by atoms with E-state index in [1.165, 1.54) is 17.4 Å². The molecule has 4 aromatic rings. The molecule has 0 amide bonds. The first kappa shape index (κ1) is 25.7. The first-order chi connectivity index (χ1) is 19.3. The number of ether oxygens (including phenoxy) is 1. The van der Waals surface area contributed by atoms with Crippen LogP contribution in [0.3, 0.4) is 0 Å². The average molecular weight is 545 g/mol. The zero-order valence-corrected chi connectivity index (χ0v) is 22.7. The van der Waals surface area contributed by atoms with Crippen molar-refractivity contribution >= 4 is 23.4 Å². The van der Waals surface area contributed by atoms with Crippen LogP contribution in [-0.4, -0.2) is 98.6 Å². The molecule has 0 atom stereocenters. The van der Waals surface area contributed by atoms with Crippen molar-refractivity contribution in [3.05, 3.63) is 61.2 Å². The topological polar surface area (TPSA) is 101 Å². The Morgan fingerprint density at radius 3 is 2.38 bits per heavy atom. The normalized spacial score (nSPS) is 16.5. The molecule has 2 saturated heterocycles. The fraction of sp³-hybridized carbons (Fsp3) is 0.407. The van der Waals surface area contributed by atoms with Gasteiger partial charge in [-0.25, -0.2) is 9.97 Å². The fourth-order valence-corrected chi connectivity index (χ4v) is 5.69. The first-order valence-electron chi connectivity index (χ1n) is 13.4. The SMILES string of the molecule is c1ccc(-c2nnc(Sc3ccnc(N4CCN(c5ccncc5)CC4)n3)n2CCCN2CCOCC2)nc1. The van der Waals surface area contributed by atoms with E-state index in [-0.39, 0.29) is 0 Å². The van der Waals surface area contributed by atoms with Crippen molar-refractivity contribution < 1.29 is 4.74 Å². The lowest BCUT2D eigenvalue weighted by Gasteiger charge is -2.36. The fourth-order valence-electron chi connectivity index (χ4n) is 4.88. The number of hydrogen-bond acceptors (Lipinski definition) is 11. The van der Waals surface area contributed by atoms with Crippen LogP contribution < -0.4 is 9.80 Å². The molecule has 6 rings (SSSR count). The second kappa shape index (κ2) is 12.5. The van der Waals surface area contributed by atoms with Gasteiger partial charge in [-0.15, -0.1) is 10.2 Å². The van der Waals surface area contributed by atoms with Gasteiger partial charge in [0.05, 0.1) is 13.2 Å². The highest BCUT2D eigenvalue weighted by molar-refractivity contribution is 7.99. The average Bonchev–Trinajstić information content (AvgIpc) is 3.41. The molecule has 0 bridgehead atoms. The molecule has 6 heterocycles. The van der Waals surface area contributed by atoms with E-state index >= 15 is 0 Å². The van der Waals surface area contributed by atoms with Crippen molar-refractivity contribution in [2.75, 3.05) is 68.8 Å². The minimum atomic E-state index is 0.748. The Bertz CT molecular complexity index is 1320. The summed E-state index contributed by atoms with van der Waals surface area (Å²) in [6.07, 6.45) is 8.29. The van der Waals surface area contributed by atoms with E-state index in [2.05, 4.69) is 56.5 Å². The van der Waals surface area contributed by atoms with Crippen molar-refractivity contribution in [3.63, 3.8) is 0 Å². The lowest BCUT2D eigenvalue weighted by Crippen LogP contribution is -2.47. The number of aromatic nitrogens is 7. The van der Waals surface area contributed by atoms with Crippen LogP contribution in [0.25, 0.3) is 11.5 Å². The summed E-state index contributed by atoms with van der Waals surface area (Å²) < 4.78 is 7.66. The summed E-state index contributed by atoms with van der Waals surface area (Å²) in [5, 5.41) is 10.7. The molecule has 2 aliphatic heterocycles. The van der Waals surface area contributed by atoms with Crippen LogP contribution in [-0.2, 0) is 11.3 Å².